The van der Waals surface area contributed by atoms with E-state index in [2.05, 4.69) is 4.98 Å². The lowest BCUT2D eigenvalue weighted by Crippen LogP contribution is -2.23. The zero-order valence-corrected chi connectivity index (χ0v) is 10.9. The van der Waals surface area contributed by atoms with Crippen LogP contribution >= 0.6 is 0 Å². The lowest BCUT2D eigenvalue weighted by molar-refractivity contribution is 0.415. The van der Waals surface area contributed by atoms with E-state index in [0.29, 0.717) is 12.0 Å². The number of aryl methyl sites for hydroxylation is 1. The van der Waals surface area contributed by atoms with Crippen LogP contribution in [0, 0.1) is 6.92 Å². The van der Waals surface area contributed by atoms with Crippen LogP contribution in [0.15, 0.2) is 23.0 Å². The van der Waals surface area contributed by atoms with Gasteiger partial charge in [0.15, 0.2) is 0 Å². The topological polar surface area (TPSA) is 68.1 Å². The SMILES string of the molecule is COc1cc(C)c2[nH]c(=O)c(CC(C)N)cc2c1. The van der Waals surface area contributed by atoms with Gasteiger partial charge < -0.3 is 15.5 Å². The highest BCUT2D eigenvalue weighted by Crippen LogP contribution is 2.23. The van der Waals surface area contributed by atoms with Crippen molar-refractivity contribution in [1.29, 1.82) is 0 Å². The van der Waals surface area contributed by atoms with E-state index in [0.717, 1.165) is 22.2 Å². The number of nitrogens with one attached hydrogen (secondary N) is 1. The third-order valence-corrected chi connectivity index (χ3v) is 2.98. The van der Waals surface area contributed by atoms with Crippen molar-refractivity contribution in [2.75, 3.05) is 7.11 Å². The minimum atomic E-state index is -0.0620. The summed E-state index contributed by atoms with van der Waals surface area (Å²) in [5, 5.41) is 0.974. The van der Waals surface area contributed by atoms with E-state index < -0.39 is 0 Å². The molecule has 3 N–H and O–H groups in total. The van der Waals surface area contributed by atoms with Gasteiger partial charge in [0.25, 0.3) is 5.56 Å². The normalized spacial score (nSPS) is 12.7. The fourth-order valence-electron chi connectivity index (χ4n) is 2.13. The van der Waals surface area contributed by atoms with E-state index in [1.807, 2.05) is 32.0 Å². The Balaban J connectivity index is 2.65. The van der Waals surface area contributed by atoms with E-state index in [9.17, 15) is 4.79 Å². The van der Waals surface area contributed by atoms with Crippen molar-refractivity contribution in [1.82, 2.24) is 4.98 Å². The quantitative estimate of drug-likeness (QED) is 0.866. The van der Waals surface area contributed by atoms with Crippen LogP contribution in [0.1, 0.15) is 18.1 Å². The van der Waals surface area contributed by atoms with Crippen LogP contribution < -0.4 is 16.0 Å². The molecule has 2 aromatic rings. The van der Waals surface area contributed by atoms with Gasteiger partial charge in [-0.3, -0.25) is 4.79 Å². The third kappa shape index (κ3) is 2.38. The first-order chi connectivity index (χ1) is 8.51. The highest BCUT2D eigenvalue weighted by atomic mass is 16.5. The van der Waals surface area contributed by atoms with E-state index in [1.54, 1.807) is 7.11 Å². The highest BCUT2D eigenvalue weighted by molar-refractivity contribution is 5.83. The molecule has 0 bridgehead atoms. The molecule has 0 saturated heterocycles. The average Bonchev–Trinajstić information content (AvgIpc) is 2.30. The molecule has 2 rings (SSSR count). The Kier molecular flexibility index (Phi) is 3.39. The van der Waals surface area contributed by atoms with E-state index in [1.165, 1.54) is 0 Å². The summed E-state index contributed by atoms with van der Waals surface area (Å²) in [6, 6.07) is 5.69. The molecule has 96 valence electrons. The second-order valence-electron chi connectivity index (χ2n) is 4.71. The molecule has 0 aliphatic carbocycles. The number of aromatic amines is 1. The first kappa shape index (κ1) is 12.6. The first-order valence-electron chi connectivity index (χ1n) is 5.97. The zero-order chi connectivity index (χ0) is 13.3. The van der Waals surface area contributed by atoms with E-state index >= 15 is 0 Å². The molecule has 0 spiro atoms. The van der Waals surface area contributed by atoms with E-state index in [-0.39, 0.29) is 11.6 Å². The number of pyridine rings is 1. The standard InChI is InChI=1S/C14H18N2O2/c1-8-4-12(18-3)7-10-6-11(5-9(2)15)14(17)16-13(8)10/h4,6-7,9H,5,15H2,1-3H3,(H,16,17). The molecular weight excluding hydrogens is 228 g/mol. The summed E-state index contributed by atoms with van der Waals surface area (Å²) in [5.74, 6) is 0.791. The van der Waals surface area contributed by atoms with Gasteiger partial charge in [-0.25, -0.2) is 0 Å². The van der Waals surface area contributed by atoms with Crippen LogP contribution in [0.25, 0.3) is 10.9 Å². The monoisotopic (exact) mass is 246 g/mol. The lowest BCUT2D eigenvalue weighted by Gasteiger charge is -2.09. The van der Waals surface area contributed by atoms with Gasteiger partial charge >= 0.3 is 0 Å². The van der Waals surface area contributed by atoms with E-state index in [4.69, 9.17) is 10.5 Å². The molecule has 1 unspecified atom stereocenters. The summed E-state index contributed by atoms with van der Waals surface area (Å²) < 4.78 is 5.24. The van der Waals surface area contributed by atoms with Crippen LogP contribution in [0.3, 0.4) is 0 Å². The van der Waals surface area contributed by atoms with Gasteiger partial charge in [0, 0.05) is 17.0 Å². The summed E-state index contributed by atoms with van der Waals surface area (Å²) in [4.78, 5) is 14.8. The third-order valence-electron chi connectivity index (χ3n) is 2.98. The molecule has 4 nitrogen and oxygen atoms in total. The summed E-state index contributed by atoms with van der Waals surface area (Å²) >= 11 is 0. The fourth-order valence-corrected chi connectivity index (χ4v) is 2.13. The number of fused-ring (bicyclic) bond motifs is 1. The molecule has 0 aliphatic rings. The first-order valence-corrected chi connectivity index (χ1v) is 5.97. The Morgan fingerprint density at radius 1 is 1.39 bits per heavy atom. The van der Waals surface area contributed by atoms with Gasteiger partial charge in [-0.05, 0) is 44.0 Å². The van der Waals surface area contributed by atoms with Crippen LogP contribution in [0.5, 0.6) is 5.75 Å². The van der Waals surface area contributed by atoms with Crippen molar-refractivity contribution >= 4 is 10.9 Å². The Morgan fingerprint density at radius 3 is 2.72 bits per heavy atom. The predicted octanol–water partition coefficient (Wildman–Crippen LogP) is 1.73. The van der Waals surface area contributed by atoms with Crippen LogP contribution in [0.4, 0.5) is 0 Å². The molecule has 4 heteroatoms. The minimum absolute atomic E-state index is 0.0322. The Morgan fingerprint density at radius 2 is 2.11 bits per heavy atom. The number of aromatic nitrogens is 1. The second kappa shape index (κ2) is 4.82. The van der Waals surface area contributed by atoms with Gasteiger partial charge in [-0.2, -0.15) is 0 Å². The van der Waals surface area contributed by atoms with Crippen molar-refractivity contribution in [2.24, 2.45) is 5.73 Å². The number of rotatable bonds is 3. The number of hydrogen-bond acceptors (Lipinski definition) is 3. The number of benzene rings is 1. The van der Waals surface area contributed by atoms with Crippen molar-refractivity contribution < 1.29 is 4.74 Å². The van der Waals surface area contributed by atoms with Crippen LogP contribution in [-0.2, 0) is 6.42 Å². The minimum Gasteiger partial charge on any atom is -0.497 e. The maximum absolute atomic E-state index is 11.9. The van der Waals surface area contributed by atoms with Crippen LogP contribution in [-0.4, -0.2) is 18.1 Å². The van der Waals surface area contributed by atoms with Crippen molar-refractivity contribution in [3.05, 3.63) is 39.7 Å². The van der Waals surface area contributed by atoms with Gasteiger partial charge in [0.05, 0.1) is 12.6 Å². The average molecular weight is 246 g/mol. The molecule has 0 fully saturated rings. The molecular formula is C14H18N2O2. The van der Waals surface area contributed by atoms with Gasteiger partial charge in [0.2, 0.25) is 0 Å². The molecule has 18 heavy (non-hydrogen) atoms. The molecule has 0 radical (unpaired) electrons. The molecule has 0 aliphatic heterocycles. The summed E-state index contributed by atoms with van der Waals surface area (Å²) in [5.41, 5.74) is 8.25. The fraction of sp³-hybridized carbons (Fsp3) is 0.357. The summed E-state index contributed by atoms with van der Waals surface area (Å²) in [7, 11) is 1.63. The van der Waals surface area contributed by atoms with Crippen LogP contribution in [0.2, 0.25) is 0 Å². The zero-order valence-electron chi connectivity index (χ0n) is 10.9. The molecule has 1 aromatic heterocycles. The number of nitrogens with two attached hydrogens (primary N) is 1. The highest BCUT2D eigenvalue weighted by Gasteiger charge is 2.08. The number of H-pyrrole nitrogens is 1. The van der Waals surface area contributed by atoms with Gasteiger partial charge in [-0.1, -0.05) is 0 Å². The molecule has 0 saturated carbocycles. The van der Waals surface area contributed by atoms with Crippen molar-refractivity contribution in [3.63, 3.8) is 0 Å². The number of methoxy groups -OCH3 is 1. The Bertz CT molecular complexity index is 629. The van der Waals surface area contributed by atoms with Crippen molar-refractivity contribution in [2.45, 2.75) is 26.3 Å². The molecule has 1 heterocycles. The Hall–Kier alpha value is -1.81. The van der Waals surface area contributed by atoms with Gasteiger partial charge in [0.1, 0.15) is 5.75 Å². The maximum atomic E-state index is 11.9. The molecule has 0 amide bonds. The Labute approximate surface area is 106 Å². The maximum Gasteiger partial charge on any atom is 0.251 e. The second-order valence-corrected chi connectivity index (χ2v) is 4.71. The smallest absolute Gasteiger partial charge is 0.251 e. The molecule has 1 aromatic carbocycles. The summed E-state index contributed by atoms with van der Waals surface area (Å²) in [6.45, 7) is 3.84. The summed E-state index contributed by atoms with van der Waals surface area (Å²) in [6.07, 6.45) is 0.571. The largest absolute Gasteiger partial charge is 0.497 e. The molecule has 1 atom stereocenters. The van der Waals surface area contributed by atoms with Gasteiger partial charge in [-0.15, -0.1) is 0 Å². The number of ether oxygens (including phenoxy) is 1. The predicted molar refractivity (Wildman–Crippen MR) is 73.2 cm³/mol. The van der Waals surface area contributed by atoms with Crippen molar-refractivity contribution in [3.8, 4) is 5.75 Å². The number of hydrogen-bond donors (Lipinski definition) is 2. The lowest BCUT2D eigenvalue weighted by atomic mass is 10.0.